The zero-order chi connectivity index (χ0) is 24.2. The highest BCUT2D eigenvalue weighted by Crippen LogP contribution is 2.27. The zero-order valence-corrected chi connectivity index (χ0v) is 19.8. The van der Waals surface area contributed by atoms with Gasteiger partial charge in [0.2, 0.25) is 5.91 Å². The van der Waals surface area contributed by atoms with Crippen LogP contribution in [-0.2, 0) is 30.8 Å². The Hall–Kier alpha value is -3.92. The maximum absolute atomic E-state index is 13.7. The Morgan fingerprint density at radius 2 is 1.86 bits per heavy atom. The van der Waals surface area contributed by atoms with Gasteiger partial charge < -0.3 is 9.47 Å². The number of nitriles is 1. The second-order valence-electron chi connectivity index (χ2n) is 8.63. The molecule has 1 aliphatic heterocycles. The van der Waals surface area contributed by atoms with E-state index < -0.39 is 6.04 Å². The molecule has 174 valence electrons. The number of rotatable bonds is 6. The molecule has 4 aromatic rings. The first kappa shape index (κ1) is 22.9. The summed E-state index contributed by atoms with van der Waals surface area (Å²) in [5.74, 6) is 0.0154. The molecule has 3 aromatic carbocycles. The first-order valence-electron chi connectivity index (χ1n) is 11.5. The van der Waals surface area contributed by atoms with E-state index in [-0.39, 0.29) is 5.91 Å². The van der Waals surface area contributed by atoms with E-state index in [9.17, 15) is 4.79 Å². The van der Waals surface area contributed by atoms with E-state index in [4.69, 9.17) is 16.9 Å². The van der Waals surface area contributed by atoms with E-state index in [0.29, 0.717) is 36.6 Å². The molecule has 35 heavy (non-hydrogen) atoms. The number of anilines is 1. The molecule has 0 spiro atoms. The second kappa shape index (κ2) is 10.1. The van der Waals surface area contributed by atoms with Crippen LogP contribution >= 0.6 is 11.6 Å². The number of nitrogens with one attached hydrogen (secondary N) is 1. The Morgan fingerprint density at radius 3 is 2.63 bits per heavy atom. The summed E-state index contributed by atoms with van der Waals surface area (Å²) in [5, 5.41) is 13.1. The Bertz CT molecular complexity index is 1390. The monoisotopic (exact) mass is 481 g/mol. The fraction of sp³-hybridized carbons (Fsp3) is 0.179. The molecule has 5 rings (SSSR count). The number of aromatic nitrogens is 2. The number of imidazole rings is 1. The Kier molecular flexibility index (Phi) is 6.62. The van der Waals surface area contributed by atoms with Gasteiger partial charge in [-0.15, -0.1) is 0 Å². The number of benzene rings is 3. The van der Waals surface area contributed by atoms with Gasteiger partial charge in [0.1, 0.15) is 0 Å². The molecule has 7 heteroatoms. The molecule has 1 N–H and O–H groups in total. The number of hydrogen-bond acceptors (Lipinski definition) is 4. The van der Waals surface area contributed by atoms with Gasteiger partial charge in [-0.2, -0.15) is 5.26 Å². The molecule has 0 saturated heterocycles. The van der Waals surface area contributed by atoms with E-state index in [0.717, 1.165) is 28.1 Å². The topological polar surface area (TPSA) is 74.0 Å². The third-order valence-corrected chi connectivity index (χ3v) is 6.55. The summed E-state index contributed by atoms with van der Waals surface area (Å²) in [4.78, 5) is 19.8. The van der Waals surface area contributed by atoms with Crippen molar-refractivity contribution in [2.75, 3.05) is 4.90 Å². The smallest absolute Gasteiger partial charge is 0.244 e. The lowest BCUT2D eigenvalue weighted by Crippen LogP contribution is -2.46. The SMILES string of the molecule is N#Cc1ccc(Cn2cncc2CN[C@H]2Cc3ccccc3CN(c3cccc(Cl)c3)C2=O)cc1. The predicted octanol–water partition coefficient (Wildman–Crippen LogP) is 4.70. The van der Waals surface area contributed by atoms with E-state index in [1.807, 2.05) is 71.8 Å². The van der Waals surface area contributed by atoms with Crippen molar-refractivity contribution in [1.29, 1.82) is 5.26 Å². The first-order chi connectivity index (χ1) is 17.1. The van der Waals surface area contributed by atoms with Crippen LogP contribution in [0.4, 0.5) is 5.69 Å². The van der Waals surface area contributed by atoms with Crippen LogP contribution in [0.15, 0.2) is 85.3 Å². The highest BCUT2D eigenvalue weighted by Gasteiger charge is 2.30. The highest BCUT2D eigenvalue weighted by molar-refractivity contribution is 6.30. The lowest BCUT2D eigenvalue weighted by atomic mass is 10.0. The molecule has 0 unspecified atom stereocenters. The van der Waals surface area contributed by atoms with Crippen LogP contribution in [0.5, 0.6) is 0 Å². The fourth-order valence-corrected chi connectivity index (χ4v) is 4.61. The number of hydrogen-bond donors (Lipinski definition) is 1. The highest BCUT2D eigenvalue weighted by atomic mass is 35.5. The van der Waals surface area contributed by atoms with Crippen LogP contribution < -0.4 is 10.2 Å². The number of nitrogens with zero attached hydrogens (tertiary/aromatic N) is 4. The average Bonchev–Trinajstić information content (AvgIpc) is 3.26. The Morgan fingerprint density at radius 1 is 1.06 bits per heavy atom. The lowest BCUT2D eigenvalue weighted by Gasteiger charge is -2.25. The van der Waals surface area contributed by atoms with Crippen molar-refractivity contribution in [1.82, 2.24) is 14.9 Å². The molecule has 1 amide bonds. The molecule has 1 atom stereocenters. The quantitative estimate of drug-likeness (QED) is 0.433. The minimum Gasteiger partial charge on any atom is -0.329 e. The molecule has 0 fully saturated rings. The normalized spacial score (nSPS) is 15.4. The van der Waals surface area contributed by atoms with Crippen molar-refractivity contribution >= 4 is 23.2 Å². The average molecular weight is 482 g/mol. The standard InChI is InChI=1S/C28H24ClN5O/c29-24-6-3-7-25(13-24)34-18-23-5-2-1-4-22(23)12-27(28(34)35)32-16-26-15-31-19-33(26)17-21-10-8-20(14-30)9-11-21/h1-11,13,15,19,27,32H,12,16-18H2/t27-/m0/s1. The largest absolute Gasteiger partial charge is 0.329 e. The van der Waals surface area contributed by atoms with E-state index >= 15 is 0 Å². The van der Waals surface area contributed by atoms with Gasteiger partial charge in [0.05, 0.1) is 36.2 Å². The van der Waals surface area contributed by atoms with Crippen LogP contribution in [0.25, 0.3) is 0 Å². The van der Waals surface area contributed by atoms with Gasteiger partial charge in [0.25, 0.3) is 0 Å². The van der Waals surface area contributed by atoms with Crippen LogP contribution in [-0.4, -0.2) is 21.5 Å². The number of amides is 1. The zero-order valence-electron chi connectivity index (χ0n) is 19.1. The third-order valence-electron chi connectivity index (χ3n) is 6.32. The van der Waals surface area contributed by atoms with Gasteiger partial charge in [-0.25, -0.2) is 4.98 Å². The predicted molar refractivity (Wildman–Crippen MR) is 136 cm³/mol. The van der Waals surface area contributed by atoms with Gasteiger partial charge >= 0.3 is 0 Å². The van der Waals surface area contributed by atoms with E-state index in [2.05, 4.69) is 33.1 Å². The van der Waals surface area contributed by atoms with Crippen molar-refractivity contribution in [3.63, 3.8) is 0 Å². The summed E-state index contributed by atoms with van der Waals surface area (Å²) in [7, 11) is 0. The van der Waals surface area contributed by atoms with Gasteiger partial charge in [0, 0.05) is 30.0 Å². The summed E-state index contributed by atoms with van der Waals surface area (Å²) in [5.41, 5.74) is 5.78. The molecule has 1 aromatic heterocycles. The maximum atomic E-state index is 13.7. The molecule has 0 bridgehead atoms. The van der Waals surface area contributed by atoms with Gasteiger partial charge in [0.15, 0.2) is 0 Å². The van der Waals surface area contributed by atoms with Crippen LogP contribution in [0.3, 0.4) is 0 Å². The van der Waals surface area contributed by atoms with Crippen LogP contribution in [0, 0.1) is 11.3 Å². The number of fused-ring (bicyclic) bond motifs is 1. The minimum absolute atomic E-state index is 0.0154. The van der Waals surface area contributed by atoms with E-state index in [1.54, 1.807) is 6.33 Å². The minimum atomic E-state index is -0.393. The summed E-state index contributed by atoms with van der Waals surface area (Å²) < 4.78 is 2.05. The molecule has 1 aliphatic rings. The second-order valence-corrected chi connectivity index (χ2v) is 9.07. The molecular weight excluding hydrogens is 458 g/mol. The Balaban J connectivity index is 1.36. The number of carbonyl (C=O) groups is 1. The van der Waals surface area contributed by atoms with Crippen molar-refractivity contribution in [2.45, 2.75) is 32.1 Å². The van der Waals surface area contributed by atoms with Gasteiger partial charge in [-0.3, -0.25) is 10.1 Å². The van der Waals surface area contributed by atoms with E-state index in [1.165, 1.54) is 0 Å². The van der Waals surface area contributed by atoms with Crippen LogP contribution in [0.1, 0.15) is 27.9 Å². The molecule has 6 nitrogen and oxygen atoms in total. The summed E-state index contributed by atoms with van der Waals surface area (Å²) in [6, 6.07) is 24.9. The molecule has 0 saturated carbocycles. The molecule has 2 heterocycles. The summed E-state index contributed by atoms with van der Waals surface area (Å²) in [6.07, 6.45) is 4.22. The van der Waals surface area contributed by atoms with Crippen molar-refractivity contribution in [3.8, 4) is 6.07 Å². The number of halogens is 1. The Labute approximate surface area is 209 Å². The third kappa shape index (κ3) is 5.12. The number of carbonyl (C=O) groups excluding carboxylic acids is 1. The molecule has 0 aliphatic carbocycles. The van der Waals surface area contributed by atoms with Crippen molar-refractivity contribution in [2.24, 2.45) is 0 Å². The first-order valence-corrected chi connectivity index (χ1v) is 11.8. The van der Waals surface area contributed by atoms with Crippen LogP contribution in [0.2, 0.25) is 5.02 Å². The van der Waals surface area contributed by atoms with Gasteiger partial charge in [-0.05, 0) is 53.4 Å². The van der Waals surface area contributed by atoms with Crippen molar-refractivity contribution in [3.05, 3.63) is 118 Å². The molecule has 0 radical (unpaired) electrons. The summed E-state index contributed by atoms with van der Waals surface area (Å²) >= 11 is 6.24. The lowest BCUT2D eigenvalue weighted by molar-refractivity contribution is -0.120. The molecular formula is C28H24ClN5O. The summed E-state index contributed by atoms with van der Waals surface area (Å²) in [6.45, 7) is 1.64. The fourth-order valence-electron chi connectivity index (χ4n) is 4.42. The van der Waals surface area contributed by atoms with Crippen molar-refractivity contribution < 1.29 is 4.79 Å². The maximum Gasteiger partial charge on any atom is 0.244 e. The van der Waals surface area contributed by atoms with Gasteiger partial charge in [-0.1, -0.05) is 54.1 Å².